The fourth-order valence-electron chi connectivity index (χ4n) is 4.63. The number of carbonyl (C=O) groups is 2. The number of rotatable bonds is 5. The van der Waals surface area contributed by atoms with Crippen molar-refractivity contribution in [1.29, 1.82) is 0 Å². The van der Waals surface area contributed by atoms with E-state index in [1.165, 1.54) is 4.90 Å². The highest BCUT2D eigenvalue weighted by atomic mass is 79.9. The molecule has 2 amide bonds. The minimum absolute atomic E-state index is 0.0225. The van der Waals surface area contributed by atoms with E-state index in [-0.39, 0.29) is 30.6 Å². The lowest BCUT2D eigenvalue weighted by Crippen LogP contribution is -2.52. The van der Waals surface area contributed by atoms with Crippen LogP contribution in [-0.4, -0.2) is 56.2 Å². The molecule has 0 bridgehead atoms. The monoisotopic (exact) mass is 641 g/mol. The summed E-state index contributed by atoms with van der Waals surface area (Å²) in [6.07, 6.45) is 1.84. The molecule has 0 spiro atoms. The Hall–Kier alpha value is -3.31. The van der Waals surface area contributed by atoms with Gasteiger partial charge >= 0.3 is 5.63 Å². The van der Waals surface area contributed by atoms with E-state index in [1.54, 1.807) is 34.7 Å². The summed E-state index contributed by atoms with van der Waals surface area (Å²) in [5, 5.41) is 9.21. The van der Waals surface area contributed by atoms with Gasteiger partial charge in [0, 0.05) is 27.4 Å². The molecule has 0 unspecified atom stereocenters. The molecule has 1 atom stereocenters. The van der Waals surface area contributed by atoms with Crippen molar-refractivity contribution in [2.24, 2.45) is 0 Å². The first-order chi connectivity index (χ1) is 18.1. The van der Waals surface area contributed by atoms with E-state index in [0.29, 0.717) is 35.3 Å². The lowest BCUT2D eigenvalue weighted by atomic mass is 10.0. The number of benzene rings is 2. The van der Waals surface area contributed by atoms with Gasteiger partial charge < -0.3 is 14.2 Å². The molecule has 2 aromatic heterocycles. The average molecular weight is 643 g/mol. The molecule has 3 heterocycles. The van der Waals surface area contributed by atoms with Gasteiger partial charge in [-0.05, 0) is 61.7 Å². The molecule has 2 aromatic carbocycles. The summed E-state index contributed by atoms with van der Waals surface area (Å²) >= 11 is 6.94. The predicted octanol–water partition coefficient (Wildman–Crippen LogP) is 4.62. The van der Waals surface area contributed by atoms with Crippen LogP contribution >= 0.6 is 31.9 Å². The summed E-state index contributed by atoms with van der Waals surface area (Å²) in [7, 11) is 0. The molecule has 0 aliphatic carbocycles. The van der Waals surface area contributed by atoms with Gasteiger partial charge in [-0.3, -0.25) is 9.59 Å². The van der Waals surface area contributed by atoms with E-state index in [1.807, 2.05) is 32.2 Å². The molecule has 1 saturated heterocycles. The molecule has 5 rings (SSSR count). The van der Waals surface area contributed by atoms with Gasteiger partial charge in [-0.2, -0.15) is 0 Å². The maximum Gasteiger partial charge on any atom is 0.349 e. The number of aromatic nitrogens is 3. The third-order valence-electron chi connectivity index (χ3n) is 6.92. The Kier molecular flexibility index (Phi) is 7.23. The molecule has 4 aromatic rings. The quantitative estimate of drug-likeness (QED) is 0.295. The first kappa shape index (κ1) is 26.3. The van der Waals surface area contributed by atoms with E-state index in [2.05, 4.69) is 48.2 Å². The van der Waals surface area contributed by atoms with Crippen LogP contribution in [0.5, 0.6) is 0 Å². The molecule has 1 aliphatic heterocycles. The fraction of sp³-hybridized carbons (Fsp3) is 0.296. The number of hydrogen-bond donors (Lipinski definition) is 0. The summed E-state index contributed by atoms with van der Waals surface area (Å²) in [5.41, 5.74) is 3.09. The van der Waals surface area contributed by atoms with Crippen LogP contribution < -0.4 is 5.63 Å². The zero-order chi connectivity index (χ0) is 27.1. The van der Waals surface area contributed by atoms with Crippen molar-refractivity contribution >= 4 is 54.6 Å². The van der Waals surface area contributed by atoms with Gasteiger partial charge in [-0.1, -0.05) is 49.2 Å². The number of fused-ring (bicyclic) bond motifs is 1. The van der Waals surface area contributed by atoms with E-state index >= 15 is 0 Å². The lowest BCUT2D eigenvalue weighted by Gasteiger charge is -2.34. The van der Waals surface area contributed by atoms with Crippen LogP contribution in [-0.2, 0) is 11.3 Å². The van der Waals surface area contributed by atoms with Gasteiger partial charge in [0.05, 0.1) is 18.8 Å². The Morgan fingerprint density at radius 1 is 1.11 bits per heavy atom. The van der Waals surface area contributed by atoms with Crippen LogP contribution in [0, 0.1) is 13.8 Å². The standard InChI is InChI=1S/C27H25Br2N5O4/c1-15-10-18(4-6-22(15)29)17(3)34-13-20(30-31-34)12-32-8-9-33(14-24(32)35)26(36)25-16(2)21-11-19(28)5-7-23(21)38-27(25)37/h4-7,10-11,13,17H,8-9,12,14H2,1-3H3/t17-/m1/s1. The molecule has 11 heteroatoms. The Bertz CT molecular complexity index is 1630. The molecule has 0 saturated carbocycles. The zero-order valence-electron chi connectivity index (χ0n) is 21.1. The molecule has 0 radical (unpaired) electrons. The van der Waals surface area contributed by atoms with E-state index in [9.17, 15) is 14.4 Å². The smallest absolute Gasteiger partial charge is 0.349 e. The van der Waals surface area contributed by atoms with Gasteiger partial charge in [0.2, 0.25) is 5.91 Å². The summed E-state index contributed by atoms with van der Waals surface area (Å²) in [6.45, 7) is 6.58. The molecule has 1 aliphatic rings. The molecule has 1 fully saturated rings. The summed E-state index contributed by atoms with van der Waals surface area (Å²) < 4.78 is 9.03. The van der Waals surface area contributed by atoms with Gasteiger partial charge in [0.25, 0.3) is 5.91 Å². The van der Waals surface area contributed by atoms with Crippen LogP contribution in [0.3, 0.4) is 0 Å². The summed E-state index contributed by atoms with van der Waals surface area (Å²) in [5.74, 6) is -0.725. The van der Waals surface area contributed by atoms with Gasteiger partial charge in [-0.25, -0.2) is 9.48 Å². The largest absolute Gasteiger partial charge is 0.422 e. The number of carbonyl (C=O) groups excluding carboxylic acids is 2. The number of nitrogens with zero attached hydrogens (tertiary/aromatic N) is 5. The minimum atomic E-state index is -0.705. The normalized spacial score (nSPS) is 14.8. The summed E-state index contributed by atoms with van der Waals surface area (Å²) in [6, 6.07) is 11.4. The number of hydrogen-bond acceptors (Lipinski definition) is 6. The molecular formula is C27H25Br2N5O4. The van der Waals surface area contributed by atoms with Crippen molar-refractivity contribution in [3.63, 3.8) is 0 Å². The Morgan fingerprint density at radius 3 is 2.63 bits per heavy atom. The maximum absolute atomic E-state index is 13.3. The van der Waals surface area contributed by atoms with Crippen molar-refractivity contribution < 1.29 is 14.0 Å². The van der Waals surface area contributed by atoms with Crippen LogP contribution in [0.25, 0.3) is 11.0 Å². The molecule has 196 valence electrons. The Morgan fingerprint density at radius 2 is 1.89 bits per heavy atom. The van der Waals surface area contributed by atoms with Crippen molar-refractivity contribution in [2.45, 2.75) is 33.4 Å². The average Bonchev–Trinajstić information content (AvgIpc) is 3.35. The van der Waals surface area contributed by atoms with Crippen LogP contribution in [0.4, 0.5) is 0 Å². The number of amides is 2. The second kappa shape index (κ2) is 10.5. The minimum Gasteiger partial charge on any atom is -0.422 e. The van der Waals surface area contributed by atoms with E-state index in [4.69, 9.17) is 4.42 Å². The zero-order valence-corrected chi connectivity index (χ0v) is 24.2. The molecular weight excluding hydrogens is 618 g/mol. The third kappa shape index (κ3) is 5.04. The van der Waals surface area contributed by atoms with Gasteiger partial charge in [-0.15, -0.1) is 5.10 Å². The topological polar surface area (TPSA) is 102 Å². The number of halogens is 2. The third-order valence-corrected chi connectivity index (χ3v) is 8.30. The van der Waals surface area contributed by atoms with Crippen LogP contribution in [0.15, 0.2) is 60.8 Å². The first-order valence-electron chi connectivity index (χ1n) is 12.1. The number of aryl methyl sites for hydroxylation is 2. The van der Waals surface area contributed by atoms with Crippen LogP contribution in [0.2, 0.25) is 0 Å². The van der Waals surface area contributed by atoms with Crippen molar-refractivity contribution in [1.82, 2.24) is 24.8 Å². The second-order valence-electron chi connectivity index (χ2n) is 9.45. The fourth-order valence-corrected chi connectivity index (χ4v) is 5.24. The maximum atomic E-state index is 13.3. The van der Waals surface area contributed by atoms with E-state index in [0.717, 1.165) is 20.1 Å². The van der Waals surface area contributed by atoms with Crippen molar-refractivity contribution in [3.8, 4) is 0 Å². The van der Waals surface area contributed by atoms with Crippen molar-refractivity contribution in [3.05, 3.63) is 89.9 Å². The molecule has 9 nitrogen and oxygen atoms in total. The lowest BCUT2D eigenvalue weighted by molar-refractivity contribution is -0.135. The van der Waals surface area contributed by atoms with Gasteiger partial charge in [0.15, 0.2) is 0 Å². The highest BCUT2D eigenvalue weighted by Gasteiger charge is 2.31. The SMILES string of the molecule is Cc1cc([C@@H](C)n2cc(CN3CCN(C(=O)c4c(C)c5cc(Br)ccc5oc4=O)CC3=O)nn2)ccc1Br. The Labute approximate surface area is 235 Å². The summed E-state index contributed by atoms with van der Waals surface area (Å²) in [4.78, 5) is 42.0. The highest BCUT2D eigenvalue weighted by Crippen LogP contribution is 2.25. The van der Waals surface area contributed by atoms with E-state index < -0.39 is 11.5 Å². The molecule has 38 heavy (non-hydrogen) atoms. The second-order valence-corrected chi connectivity index (χ2v) is 11.2. The van der Waals surface area contributed by atoms with Crippen LogP contribution in [0.1, 0.15) is 45.7 Å². The first-order valence-corrected chi connectivity index (χ1v) is 13.7. The number of piperazine rings is 1. The Balaban J connectivity index is 1.27. The van der Waals surface area contributed by atoms with Crippen molar-refractivity contribution in [2.75, 3.05) is 19.6 Å². The van der Waals surface area contributed by atoms with Gasteiger partial charge in [0.1, 0.15) is 23.4 Å². The highest BCUT2D eigenvalue weighted by molar-refractivity contribution is 9.10. The predicted molar refractivity (Wildman–Crippen MR) is 149 cm³/mol. The molecule has 0 N–H and O–H groups in total.